The third kappa shape index (κ3) is 3.63. The highest BCUT2D eigenvalue weighted by Gasteiger charge is 1.65. The van der Waals surface area contributed by atoms with Crippen molar-refractivity contribution < 1.29 is 4.79 Å². The molecule has 0 saturated carbocycles. The number of hydrogen-bond acceptors (Lipinski definition) is 2. The highest BCUT2D eigenvalue weighted by Crippen LogP contribution is 1.32. The molecule has 0 bridgehead atoms. The standard InChI is InChI=1S/C3H6NO/c1-4-2-3-5/h4H,2H2,1H3. The van der Waals surface area contributed by atoms with Crippen molar-refractivity contribution in [3.05, 3.63) is 0 Å². The SMILES string of the molecule is CNC[C]=O. The molecular formula is C3H6NO. The van der Waals surface area contributed by atoms with Gasteiger partial charge in [0.1, 0.15) is 0 Å². The molecule has 0 spiro atoms. The van der Waals surface area contributed by atoms with Crippen LogP contribution in [0.2, 0.25) is 0 Å². The summed E-state index contributed by atoms with van der Waals surface area (Å²) in [6, 6.07) is 0. The van der Waals surface area contributed by atoms with Crippen molar-refractivity contribution in [2.45, 2.75) is 0 Å². The van der Waals surface area contributed by atoms with Gasteiger partial charge in [0.05, 0.1) is 6.54 Å². The molecule has 0 aromatic carbocycles. The molecule has 0 aliphatic rings. The van der Waals surface area contributed by atoms with Gasteiger partial charge < -0.3 is 5.32 Å². The van der Waals surface area contributed by atoms with Crippen LogP contribution in [0, 0.1) is 0 Å². The number of hydrogen-bond donors (Lipinski definition) is 1. The molecule has 0 fully saturated rings. The van der Waals surface area contributed by atoms with Crippen LogP contribution in [0.1, 0.15) is 0 Å². The third-order valence-electron chi connectivity index (χ3n) is 0.249. The molecule has 0 saturated heterocycles. The molecule has 0 aliphatic carbocycles. The van der Waals surface area contributed by atoms with E-state index in [4.69, 9.17) is 0 Å². The van der Waals surface area contributed by atoms with Crippen LogP contribution >= 0.6 is 0 Å². The molecule has 2 heteroatoms. The summed E-state index contributed by atoms with van der Waals surface area (Å²) in [5.74, 6) is 0. The minimum Gasteiger partial charge on any atom is -0.313 e. The third-order valence-corrected chi connectivity index (χ3v) is 0.249. The predicted octanol–water partition coefficient (Wildman–Crippen LogP) is -0.685. The van der Waals surface area contributed by atoms with Crippen molar-refractivity contribution in [2.24, 2.45) is 0 Å². The van der Waals surface area contributed by atoms with Gasteiger partial charge >= 0.3 is 0 Å². The second-order valence-corrected chi connectivity index (χ2v) is 0.675. The molecule has 0 aromatic heterocycles. The molecule has 5 heavy (non-hydrogen) atoms. The Labute approximate surface area is 31.2 Å². The maximum absolute atomic E-state index is 9.22. The van der Waals surface area contributed by atoms with E-state index in [0.717, 1.165) is 0 Å². The molecule has 0 amide bonds. The lowest BCUT2D eigenvalue weighted by Gasteiger charge is -1.74. The van der Waals surface area contributed by atoms with E-state index >= 15 is 0 Å². The Hall–Kier alpha value is -0.370. The minimum atomic E-state index is 0.333. The Kier molecular flexibility index (Phi) is 3.36. The zero-order valence-corrected chi connectivity index (χ0v) is 3.12. The van der Waals surface area contributed by atoms with Crippen LogP contribution in [0.4, 0.5) is 0 Å². The predicted molar refractivity (Wildman–Crippen MR) is 19.6 cm³/mol. The first-order valence-corrected chi connectivity index (χ1v) is 1.41. The molecular weight excluding hydrogens is 66.0 g/mol. The molecule has 1 N–H and O–H groups in total. The molecule has 0 rings (SSSR count). The lowest BCUT2D eigenvalue weighted by Crippen LogP contribution is -2.07. The van der Waals surface area contributed by atoms with Crippen molar-refractivity contribution in [3.8, 4) is 0 Å². The van der Waals surface area contributed by atoms with Gasteiger partial charge in [0.25, 0.3) is 0 Å². The molecule has 1 radical (unpaired) electrons. The van der Waals surface area contributed by atoms with Gasteiger partial charge in [-0.25, -0.2) is 0 Å². The normalized spacial score (nSPS) is 7.40. The van der Waals surface area contributed by atoms with Gasteiger partial charge in [0.15, 0.2) is 0 Å². The first-order valence-electron chi connectivity index (χ1n) is 1.41. The van der Waals surface area contributed by atoms with Crippen molar-refractivity contribution in [2.75, 3.05) is 13.6 Å². The number of carbonyl (C=O) groups excluding carboxylic acids is 1. The van der Waals surface area contributed by atoms with Crippen LogP contribution in [-0.2, 0) is 4.79 Å². The van der Waals surface area contributed by atoms with Gasteiger partial charge in [0, 0.05) is 0 Å². The van der Waals surface area contributed by atoms with Gasteiger partial charge in [-0.1, -0.05) is 0 Å². The van der Waals surface area contributed by atoms with Crippen molar-refractivity contribution in [1.82, 2.24) is 5.32 Å². The maximum atomic E-state index is 9.22. The number of likely N-dealkylation sites (N-methyl/N-ethyl adjacent to an activating group) is 1. The van der Waals surface area contributed by atoms with E-state index in [-0.39, 0.29) is 0 Å². The first kappa shape index (κ1) is 4.63. The van der Waals surface area contributed by atoms with Crippen molar-refractivity contribution in [3.63, 3.8) is 0 Å². The number of rotatable bonds is 2. The summed E-state index contributed by atoms with van der Waals surface area (Å²) in [4.78, 5) is 9.22. The lowest BCUT2D eigenvalue weighted by atomic mass is 10.7. The fraction of sp³-hybridized carbons (Fsp3) is 0.667. The van der Waals surface area contributed by atoms with E-state index in [1.54, 1.807) is 13.3 Å². The molecule has 0 aliphatic heterocycles. The largest absolute Gasteiger partial charge is 0.313 e. The Morgan fingerprint density at radius 3 is 2.60 bits per heavy atom. The van der Waals surface area contributed by atoms with Gasteiger partial charge in [-0.05, 0) is 7.05 Å². The maximum Gasteiger partial charge on any atom is 0.213 e. The summed E-state index contributed by atoms with van der Waals surface area (Å²) < 4.78 is 0. The van der Waals surface area contributed by atoms with E-state index in [1.807, 2.05) is 0 Å². The monoisotopic (exact) mass is 72.0 g/mol. The van der Waals surface area contributed by atoms with E-state index in [0.29, 0.717) is 6.54 Å². The van der Waals surface area contributed by atoms with E-state index < -0.39 is 0 Å². The summed E-state index contributed by atoms with van der Waals surface area (Å²) in [5, 5.41) is 2.59. The molecule has 0 aromatic rings. The first-order chi connectivity index (χ1) is 2.41. The smallest absolute Gasteiger partial charge is 0.213 e. The van der Waals surface area contributed by atoms with Crippen LogP contribution in [0.5, 0.6) is 0 Å². The summed E-state index contributed by atoms with van der Waals surface area (Å²) in [5.41, 5.74) is 0. The Balaban J connectivity index is 2.40. The average molecular weight is 72.1 g/mol. The van der Waals surface area contributed by atoms with Gasteiger partial charge in [0.2, 0.25) is 6.29 Å². The number of nitrogens with one attached hydrogen (secondary N) is 1. The summed E-state index contributed by atoms with van der Waals surface area (Å²) in [6.07, 6.45) is 1.66. The zero-order chi connectivity index (χ0) is 4.12. The van der Waals surface area contributed by atoms with E-state index in [9.17, 15) is 4.79 Å². The summed E-state index contributed by atoms with van der Waals surface area (Å²) in [7, 11) is 1.70. The molecule has 0 atom stereocenters. The fourth-order valence-corrected chi connectivity index (χ4v) is 0.0722. The zero-order valence-electron chi connectivity index (χ0n) is 3.12. The Morgan fingerprint density at radius 2 is 2.60 bits per heavy atom. The molecule has 0 heterocycles. The van der Waals surface area contributed by atoms with Gasteiger partial charge in [-0.2, -0.15) is 0 Å². The highest BCUT2D eigenvalue weighted by molar-refractivity contribution is 5.52. The highest BCUT2D eigenvalue weighted by atomic mass is 16.1. The topological polar surface area (TPSA) is 29.1 Å². The van der Waals surface area contributed by atoms with Crippen LogP contribution in [0.25, 0.3) is 0 Å². The van der Waals surface area contributed by atoms with Crippen molar-refractivity contribution in [1.29, 1.82) is 0 Å². The van der Waals surface area contributed by atoms with Crippen molar-refractivity contribution >= 4 is 6.29 Å². The Bertz CT molecular complexity index is 28.1. The van der Waals surface area contributed by atoms with Gasteiger partial charge in [-0.15, -0.1) is 0 Å². The lowest BCUT2D eigenvalue weighted by molar-refractivity contribution is 0.552. The Morgan fingerprint density at radius 1 is 2.00 bits per heavy atom. The molecule has 0 unspecified atom stereocenters. The second-order valence-electron chi connectivity index (χ2n) is 0.675. The fourth-order valence-electron chi connectivity index (χ4n) is 0.0722. The molecule has 2 nitrogen and oxygen atoms in total. The van der Waals surface area contributed by atoms with Crippen LogP contribution in [0.15, 0.2) is 0 Å². The van der Waals surface area contributed by atoms with E-state index in [1.165, 1.54) is 0 Å². The van der Waals surface area contributed by atoms with E-state index in [2.05, 4.69) is 5.32 Å². The van der Waals surface area contributed by atoms with Gasteiger partial charge in [-0.3, -0.25) is 4.79 Å². The minimum absolute atomic E-state index is 0.333. The van der Waals surface area contributed by atoms with Crippen LogP contribution < -0.4 is 5.32 Å². The quantitative estimate of drug-likeness (QED) is 0.468. The second kappa shape index (κ2) is 3.63. The summed E-state index contributed by atoms with van der Waals surface area (Å²) >= 11 is 0. The summed E-state index contributed by atoms with van der Waals surface area (Å²) in [6.45, 7) is 0.333. The van der Waals surface area contributed by atoms with Crippen LogP contribution in [0.3, 0.4) is 0 Å². The van der Waals surface area contributed by atoms with Crippen LogP contribution in [-0.4, -0.2) is 19.9 Å². The average Bonchev–Trinajstić information content (AvgIpc) is 1.41. The molecule has 29 valence electrons.